The van der Waals surface area contributed by atoms with Crippen molar-refractivity contribution in [3.05, 3.63) is 50.6 Å². The molecule has 14 N–H and O–H groups in total. The van der Waals surface area contributed by atoms with Gasteiger partial charge in [-0.3, -0.25) is 0 Å². The molecule has 0 aromatic heterocycles. The monoisotopic (exact) mass is 678 g/mol. The second-order valence-electron chi connectivity index (χ2n) is 8.74. The lowest BCUT2D eigenvalue weighted by atomic mass is 9.91. The Morgan fingerprint density at radius 1 is 0.391 bits per heavy atom. The molecule has 0 aliphatic heterocycles. The molecule has 46 heavy (non-hydrogen) atoms. The number of carboxylic acid groups (broad SMARTS) is 4. The first kappa shape index (κ1) is 54.8. The zero-order valence-electron chi connectivity index (χ0n) is 25.4. The van der Waals surface area contributed by atoms with Gasteiger partial charge in [-0.1, -0.05) is 26.3 Å². The van der Waals surface area contributed by atoms with Gasteiger partial charge in [-0.05, 0) is 0 Å². The van der Waals surface area contributed by atoms with Crippen molar-refractivity contribution in [2.45, 2.75) is 0 Å². The third-order valence-corrected chi connectivity index (χ3v) is 4.87. The molecule has 0 spiro atoms. The van der Waals surface area contributed by atoms with Crippen LogP contribution in [0.5, 0.6) is 0 Å². The largest absolute Gasteiger partial charge is 0.478 e. The maximum Gasteiger partial charge on any atom is 0.327 e. The molecule has 0 saturated heterocycles. The number of hydrogen-bond donors (Lipinski definition) is 14. The first-order valence-electron chi connectivity index (χ1n) is 12.5. The van der Waals surface area contributed by atoms with Crippen molar-refractivity contribution < 1.29 is 95.4 Å². The number of aliphatic hydroxyl groups is 10. The van der Waals surface area contributed by atoms with Crippen LogP contribution in [0.3, 0.4) is 0 Å². The van der Waals surface area contributed by atoms with Crippen LogP contribution in [0.4, 0.5) is 0 Å². The van der Waals surface area contributed by atoms with Crippen molar-refractivity contribution in [2.24, 2.45) is 16.2 Å². The summed E-state index contributed by atoms with van der Waals surface area (Å²) in [5.41, 5.74) is -3.43. The summed E-state index contributed by atoms with van der Waals surface area (Å²) in [7, 11) is 0. The van der Waals surface area contributed by atoms with Gasteiger partial charge in [0.1, 0.15) is 0 Å². The molecule has 0 unspecified atom stereocenters. The Kier molecular flexibility index (Phi) is 42.8. The van der Waals surface area contributed by atoms with Crippen molar-refractivity contribution in [2.75, 3.05) is 79.3 Å². The standard InChI is InChI=1S/C10H22O7.C5H12O4.4C3H4O2/c11-1-9(2-12,3-13)7-17-8-10(4-14,5-15)6-16;6-1-5(2-7,3-8)4-9;4*1-2-3(4)5/h11-16H,1-8H2;6-9H,1-4H2;4*2H,1H2,(H,4,5). The zero-order valence-corrected chi connectivity index (χ0v) is 25.4. The lowest BCUT2D eigenvalue weighted by molar-refractivity contribution is -0.132. The van der Waals surface area contributed by atoms with Crippen molar-refractivity contribution in [3.8, 4) is 0 Å². The van der Waals surface area contributed by atoms with E-state index in [4.69, 9.17) is 76.2 Å². The van der Waals surface area contributed by atoms with E-state index in [0.29, 0.717) is 0 Å². The van der Waals surface area contributed by atoms with Crippen LogP contribution >= 0.6 is 0 Å². The van der Waals surface area contributed by atoms with Crippen LogP contribution in [0.1, 0.15) is 0 Å². The topological polar surface area (TPSA) is 361 Å². The third-order valence-electron chi connectivity index (χ3n) is 4.87. The van der Waals surface area contributed by atoms with Crippen LogP contribution < -0.4 is 0 Å². The minimum atomic E-state index is -1.16. The third kappa shape index (κ3) is 34.9. The van der Waals surface area contributed by atoms with Crippen molar-refractivity contribution in [1.29, 1.82) is 0 Å². The SMILES string of the molecule is C=CC(=O)O.C=CC(=O)O.C=CC(=O)O.C=CC(=O)O.OCC(CO)(CO)CO.OCC(CO)(CO)COCC(CO)(CO)CO. The molecule has 0 fully saturated rings. The van der Waals surface area contributed by atoms with Gasteiger partial charge in [0.15, 0.2) is 0 Å². The average molecular weight is 679 g/mol. The van der Waals surface area contributed by atoms with Crippen LogP contribution in [-0.4, -0.2) is 175 Å². The molecule has 0 aliphatic rings. The van der Waals surface area contributed by atoms with E-state index in [9.17, 15) is 19.2 Å². The van der Waals surface area contributed by atoms with E-state index in [-0.39, 0.29) is 13.2 Å². The van der Waals surface area contributed by atoms with E-state index in [1.54, 1.807) is 0 Å². The van der Waals surface area contributed by atoms with Gasteiger partial charge in [0.25, 0.3) is 0 Å². The first-order chi connectivity index (χ1) is 21.4. The number of hydrogen-bond acceptors (Lipinski definition) is 15. The minimum absolute atomic E-state index is 0.141. The van der Waals surface area contributed by atoms with Gasteiger partial charge >= 0.3 is 23.9 Å². The van der Waals surface area contributed by atoms with Gasteiger partial charge in [0.05, 0.1) is 95.5 Å². The van der Waals surface area contributed by atoms with Crippen molar-refractivity contribution in [3.63, 3.8) is 0 Å². The highest BCUT2D eigenvalue weighted by molar-refractivity contribution is 5.79. The molecule has 0 aromatic carbocycles. The minimum Gasteiger partial charge on any atom is -0.478 e. The van der Waals surface area contributed by atoms with Gasteiger partial charge < -0.3 is 76.2 Å². The summed E-state index contributed by atoms with van der Waals surface area (Å²) in [5.74, 6) is -3.93. The summed E-state index contributed by atoms with van der Waals surface area (Å²) in [5, 5.41) is 119. The number of carbonyl (C=O) groups is 4. The first-order valence-corrected chi connectivity index (χ1v) is 12.5. The summed E-state index contributed by atoms with van der Waals surface area (Å²) in [6.45, 7) is 7.21. The molecule has 0 atom stereocenters. The number of ether oxygens (including phenoxy) is 1. The Morgan fingerprint density at radius 3 is 0.587 bits per heavy atom. The van der Waals surface area contributed by atoms with Crippen LogP contribution in [-0.2, 0) is 23.9 Å². The molecule has 272 valence electrons. The fraction of sp³-hybridized carbons (Fsp3) is 0.556. The van der Waals surface area contributed by atoms with Crippen molar-refractivity contribution >= 4 is 23.9 Å². The summed E-state index contributed by atoms with van der Waals surface area (Å²) in [6.07, 6.45) is 3.33. The Morgan fingerprint density at radius 2 is 0.522 bits per heavy atom. The Bertz CT molecular complexity index is 690. The van der Waals surface area contributed by atoms with Gasteiger partial charge in [-0.2, -0.15) is 0 Å². The molecule has 0 amide bonds. The Hall–Kier alpha value is -3.60. The van der Waals surface area contributed by atoms with E-state index in [1.807, 2.05) is 0 Å². The molecular weight excluding hydrogens is 628 g/mol. The summed E-state index contributed by atoms with van der Waals surface area (Å²) >= 11 is 0. The molecule has 0 saturated carbocycles. The molecule has 0 radical (unpaired) electrons. The normalized spacial score (nSPS) is 9.96. The number of aliphatic carboxylic acids is 4. The Balaban J connectivity index is -0.000000116. The van der Waals surface area contributed by atoms with Crippen LogP contribution in [0.15, 0.2) is 50.6 Å². The molecule has 0 aromatic rings. The number of carboxylic acids is 4. The second kappa shape index (κ2) is 35.9. The van der Waals surface area contributed by atoms with Crippen molar-refractivity contribution in [1.82, 2.24) is 0 Å². The zero-order chi connectivity index (χ0) is 37.8. The highest BCUT2D eigenvalue weighted by Gasteiger charge is 2.32. The molecule has 19 heteroatoms. The fourth-order valence-electron chi connectivity index (χ4n) is 1.36. The van der Waals surface area contributed by atoms with Crippen LogP contribution in [0.25, 0.3) is 0 Å². The van der Waals surface area contributed by atoms with Gasteiger partial charge in [0.2, 0.25) is 0 Å². The number of aliphatic hydroxyl groups excluding tert-OH is 10. The van der Waals surface area contributed by atoms with E-state index in [2.05, 4.69) is 26.3 Å². The van der Waals surface area contributed by atoms with E-state index in [1.165, 1.54) is 0 Å². The predicted octanol–water partition coefficient (Wildman–Crippen LogP) is -4.10. The molecule has 19 nitrogen and oxygen atoms in total. The number of rotatable bonds is 18. The maximum absolute atomic E-state index is 9.25. The van der Waals surface area contributed by atoms with Gasteiger partial charge in [-0.15, -0.1) is 0 Å². The summed E-state index contributed by atoms with van der Waals surface area (Å²) < 4.78 is 5.15. The van der Waals surface area contributed by atoms with E-state index >= 15 is 0 Å². The highest BCUT2D eigenvalue weighted by atomic mass is 16.5. The van der Waals surface area contributed by atoms with Crippen LogP contribution in [0, 0.1) is 16.2 Å². The smallest absolute Gasteiger partial charge is 0.327 e. The lowest BCUT2D eigenvalue weighted by Crippen LogP contribution is -2.43. The maximum atomic E-state index is 9.25. The van der Waals surface area contributed by atoms with Crippen LogP contribution in [0.2, 0.25) is 0 Å². The Labute approximate surface area is 265 Å². The molecule has 0 heterocycles. The predicted molar refractivity (Wildman–Crippen MR) is 160 cm³/mol. The average Bonchev–Trinajstić information content (AvgIpc) is 3.08. The molecular formula is C27H50O19. The molecule has 0 rings (SSSR count). The highest BCUT2D eigenvalue weighted by Crippen LogP contribution is 2.19. The quantitative estimate of drug-likeness (QED) is 0.0612. The lowest BCUT2D eigenvalue weighted by Gasteiger charge is -2.31. The van der Waals surface area contributed by atoms with E-state index < -0.39 is 106 Å². The summed E-state index contributed by atoms with van der Waals surface area (Å²) in [4.78, 5) is 37.0. The second-order valence-corrected chi connectivity index (χ2v) is 8.74. The molecule has 0 aliphatic carbocycles. The molecule has 0 bridgehead atoms. The van der Waals surface area contributed by atoms with Gasteiger partial charge in [-0.25, -0.2) is 19.2 Å². The summed E-state index contributed by atoms with van der Waals surface area (Å²) in [6, 6.07) is 0. The fourth-order valence-corrected chi connectivity index (χ4v) is 1.36. The van der Waals surface area contributed by atoms with Gasteiger partial charge in [0, 0.05) is 24.3 Å². The van der Waals surface area contributed by atoms with E-state index in [0.717, 1.165) is 24.3 Å².